The minimum absolute atomic E-state index is 0.0883. The zero-order chi connectivity index (χ0) is 15.5. The fourth-order valence-corrected chi connectivity index (χ4v) is 2.36. The molecule has 0 spiro atoms. The molecule has 0 saturated carbocycles. The summed E-state index contributed by atoms with van der Waals surface area (Å²) in [5.74, 6) is -0.255. The van der Waals surface area contributed by atoms with Crippen LogP contribution in [0.2, 0.25) is 0 Å². The van der Waals surface area contributed by atoms with Gasteiger partial charge in [0.1, 0.15) is 5.60 Å². The molecule has 0 aromatic carbocycles. The fraction of sp³-hybridized carbons (Fsp3) is 0.857. The predicted octanol–water partition coefficient (Wildman–Crippen LogP) is 1.49. The largest absolute Gasteiger partial charge is 0.468 e. The lowest BCUT2D eigenvalue weighted by Crippen LogP contribution is -2.59. The van der Waals surface area contributed by atoms with E-state index in [1.54, 1.807) is 4.90 Å². The quantitative estimate of drug-likeness (QED) is 0.720. The Balaban J connectivity index is 2.63. The third-order valence-electron chi connectivity index (χ3n) is 3.29. The normalized spacial score (nSPS) is 24.4. The van der Waals surface area contributed by atoms with E-state index >= 15 is 0 Å². The van der Waals surface area contributed by atoms with Crippen LogP contribution in [0.25, 0.3) is 0 Å². The molecule has 1 amide bonds. The van der Waals surface area contributed by atoms with Gasteiger partial charge in [-0.3, -0.25) is 9.69 Å². The maximum atomic E-state index is 12.1. The predicted molar refractivity (Wildman–Crippen MR) is 75.5 cm³/mol. The molecule has 1 aliphatic heterocycles. The van der Waals surface area contributed by atoms with E-state index in [4.69, 9.17) is 9.47 Å². The summed E-state index contributed by atoms with van der Waals surface area (Å²) in [5.41, 5.74) is -0.493. The Kier molecular flexibility index (Phi) is 5.39. The zero-order valence-electron chi connectivity index (χ0n) is 13.3. The van der Waals surface area contributed by atoms with Crippen LogP contribution >= 0.6 is 0 Å². The van der Waals surface area contributed by atoms with E-state index < -0.39 is 5.60 Å². The highest BCUT2D eigenvalue weighted by atomic mass is 16.6. The van der Waals surface area contributed by atoms with E-state index in [0.29, 0.717) is 13.1 Å². The molecule has 1 heterocycles. The number of rotatable bonds is 2. The van der Waals surface area contributed by atoms with Crippen molar-refractivity contribution in [1.29, 1.82) is 0 Å². The number of piperazine rings is 1. The molecule has 6 heteroatoms. The van der Waals surface area contributed by atoms with Gasteiger partial charge in [-0.1, -0.05) is 0 Å². The lowest BCUT2D eigenvalue weighted by atomic mass is 10.1. The Bertz CT molecular complexity index is 353. The van der Waals surface area contributed by atoms with Gasteiger partial charge in [-0.15, -0.1) is 0 Å². The number of nitrogens with zero attached hydrogens (tertiary/aromatic N) is 2. The van der Waals surface area contributed by atoms with E-state index in [2.05, 4.69) is 0 Å². The van der Waals surface area contributed by atoms with Crippen molar-refractivity contribution in [2.75, 3.05) is 26.7 Å². The lowest BCUT2D eigenvalue weighted by molar-refractivity contribution is -0.144. The summed E-state index contributed by atoms with van der Waals surface area (Å²) >= 11 is 0. The minimum Gasteiger partial charge on any atom is -0.468 e. The van der Waals surface area contributed by atoms with Crippen LogP contribution in [-0.2, 0) is 14.3 Å². The second kappa shape index (κ2) is 6.43. The molecule has 1 saturated heterocycles. The van der Waals surface area contributed by atoms with Gasteiger partial charge in [-0.25, -0.2) is 4.79 Å². The van der Waals surface area contributed by atoms with E-state index in [1.165, 1.54) is 7.11 Å². The molecule has 1 aliphatic rings. The number of esters is 1. The number of hydrogen-bond donors (Lipinski definition) is 0. The summed E-state index contributed by atoms with van der Waals surface area (Å²) in [7, 11) is 1.38. The highest BCUT2D eigenvalue weighted by Crippen LogP contribution is 2.18. The van der Waals surface area contributed by atoms with Gasteiger partial charge in [0, 0.05) is 25.2 Å². The van der Waals surface area contributed by atoms with Gasteiger partial charge in [0.2, 0.25) is 0 Å². The smallest absolute Gasteiger partial charge is 0.410 e. The number of carbonyl (C=O) groups is 2. The van der Waals surface area contributed by atoms with E-state index in [1.807, 2.05) is 39.5 Å². The molecular formula is C14H26N2O4. The van der Waals surface area contributed by atoms with Crippen LogP contribution in [0.1, 0.15) is 34.6 Å². The summed E-state index contributed by atoms with van der Waals surface area (Å²) in [4.78, 5) is 27.2. The highest BCUT2D eigenvalue weighted by Gasteiger charge is 2.34. The van der Waals surface area contributed by atoms with Gasteiger partial charge in [0.25, 0.3) is 0 Å². The maximum absolute atomic E-state index is 12.1. The monoisotopic (exact) mass is 286 g/mol. The van der Waals surface area contributed by atoms with Crippen LogP contribution in [0.15, 0.2) is 0 Å². The van der Waals surface area contributed by atoms with Gasteiger partial charge >= 0.3 is 12.1 Å². The number of ether oxygens (including phenoxy) is 2. The second-order valence-corrected chi connectivity index (χ2v) is 6.33. The van der Waals surface area contributed by atoms with E-state index in [-0.39, 0.29) is 30.7 Å². The maximum Gasteiger partial charge on any atom is 0.410 e. The van der Waals surface area contributed by atoms with Gasteiger partial charge in [0.05, 0.1) is 13.7 Å². The third kappa shape index (κ3) is 4.67. The first-order valence-electron chi connectivity index (χ1n) is 6.94. The average Bonchev–Trinajstić information content (AvgIpc) is 2.31. The van der Waals surface area contributed by atoms with Crippen LogP contribution in [0.3, 0.4) is 0 Å². The number of hydrogen-bond acceptors (Lipinski definition) is 5. The van der Waals surface area contributed by atoms with Gasteiger partial charge < -0.3 is 14.4 Å². The second-order valence-electron chi connectivity index (χ2n) is 6.33. The van der Waals surface area contributed by atoms with Crippen molar-refractivity contribution < 1.29 is 19.1 Å². The lowest BCUT2D eigenvalue weighted by Gasteiger charge is -2.43. The van der Waals surface area contributed by atoms with Crippen LogP contribution in [-0.4, -0.2) is 66.3 Å². The summed E-state index contributed by atoms with van der Waals surface area (Å²) in [6, 6.07) is 0.177. The highest BCUT2D eigenvalue weighted by molar-refractivity contribution is 5.72. The molecule has 2 atom stereocenters. The first-order chi connectivity index (χ1) is 9.14. The van der Waals surface area contributed by atoms with Crippen LogP contribution in [0, 0.1) is 0 Å². The van der Waals surface area contributed by atoms with Gasteiger partial charge in [-0.2, -0.15) is 0 Å². The Hall–Kier alpha value is -1.30. The first kappa shape index (κ1) is 16.8. The van der Waals surface area contributed by atoms with Gasteiger partial charge in [0.15, 0.2) is 0 Å². The van der Waals surface area contributed by atoms with Crippen LogP contribution in [0.4, 0.5) is 4.79 Å². The van der Waals surface area contributed by atoms with Crippen molar-refractivity contribution in [3.05, 3.63) is 0 Å². The molecule has 0 bridgehead atoms. The van der Waals surface area contributed by atoms with Gasteiger partial charge in [-0.05, 0) is 34.6 Å². The molecule has 0 aliphatic carbocycles. The molecule has 0 aromatic heterocycles. The SMILES string of the molecule is COC(=O)CN1C(C)CN(C(=O)OC(C)(C)C)CC1C. The van der Waals surface area contributed by atoms with E-state index in [9.17, 15) is 9.59 Å². The Morgan fingerprint density at radius 2 is 1.65 bits per heavy atom. The van der Waals surface area contributed by atoms with Crippen molar-refractivity contribution in [2.24, 2.45) is 0 Å². The van der Waals surface area contributed by atoms with Crippen LogP contribution in [0.5, 0.6) is 0 Å². The Morgan fingerprint density at radius 3 is 2.05 bits per heavy atom. The zero-order valence-corrected chi connectivity index (χ0v) is 13.3. The summed E-state index contributed by atoms with van der Waals surface area (Å²) in [5, 5.41) is 0. The molecule has 116 valence electrons. The average molecular weight is 286 g/mol. The minimum atomic E-state index is -0.493. The summed E-state index contributed by atoms with van der Waals surface area (Å²) in [6.45, 7) is 10.9. The molecule has 2 unspecified atom stereocenters. The third-order valence-corrected chi connectivity index (χ3v) is 3.29. The van der Waals surface area contributed by atoms with Crippen molar-refractivity contribution in [3.8, 4) is 0 Å². The summed E-state index contributed by atoms with van der Waals surface area (Å²) < 4.78 is 10.1. The van der Waals surface area contributed by atoms with Crippen molar-refractivity contribution in [1.82, 2.24) is 9.80 Å². The van der Waals surface area contributed by atoms with E-state index in [0.717, 1.165) is 0 Å². The molecule has 6 nitrogen and oxygen atoms in total. The molecule has 1 fully saturated rings. The summed E-state index contributed by atoms with van der Waals surface area (Å²) in [6.07, 6.45) is -0.297. The molecule has 20 heavy (non-hydrogen) atoms. The Labute approximate surface area is 121 Å². The fourth-order valence-electron chi connectivity index (χ4n) is 2.36. The number of carbonyl (C=O) groups excluding carboxylic acids is 2. The van der Waals surface area contributed by atoms with Crippen molar-refractivity contribution in [2.45, 2.75) is 52.3 Å². The molecule has 0 aromatic rings. The number of methoxy groups -OCH3 is 1. The molecular weight excluding hydrogens is 260 g/mol. The first-order valence-corrected chi connectivity index (χ1v) is 6.94. The standard InChI is InChI=1S/C14H26N2O4/c1-10-7-15(13(18)20-14(3,4)5)8-11(2)16(10)9-12(17)19-6/h10-11H,7-9H2,1-6H3. The Morgan fingerprint density at radius 1 is 1.15 bits per heavy atom. The van der Waals surface area contributed by atoms with Crippen molar-refractivity contribution in [3.63, 3.8) is 0 Å². The molecule has 0 radical (unpaired) electrons. The number of amides is 1. The topological polar surface area (TPSA) is 59.1 Å². The molecule has 0 N–H and O–H groups in total. The van der Waals surface area contributed by atoms with Crippen molar-refractivity contribution >= 4 is 12.1 Å². The molecule has 1 rings (SSSR count). The van der Waals surface area contributed by atoms with Crippen LogP contribution < -0.4 is 0 Å².